The Morgan fingerprint density at radius 2 is 2.14 bits per heavy atom. The van der Waals surface area contributed by atoms with Gasteiger partial charge in [0.25, 0.3) is 11.5 Å². The van der Waals surface area contributed by atoms with Crippen LogP contribution in [0.4, 0.5) is 8.78 Å². The standard InChI is InChI=1S/C9H11F2NO2/c1-3-5-6(13)4-7(9(2,10)11)12-8(5)14/h4H,3H2,1-2H3,(H2,12,13,14). The maximum absolute atomic E-state index is 12.8. The third-order valence-corrected chi connectivity index (χ3v) is 1.94. The lowest BCUT2D eigenvalue weighted by atomic mass is 10.1. The Bertz CT molecular complexity index is 393. The van der Waals surface area contributed by atoms with Crippen LogP contribution >= 0.6 is 0 Å². The van der Waals surface area contributed by atoms with Gasteiger partial charge in [0.2, 0.25) is 0 Å². The van der Waals surface area contributed by atoms with Crippen molar-refractivity contribution in [1.82, 2.24) is 4.98 Å². The third-order valence-electron chi connectivity index (χ3n) is 1.94. The maximum Gasteiger partial charge on any atom is 0.285 e. The van der Waals surface area contributed by atoms with Crippen molar-refractivity contribution in [3.05, 3.63) is 27.7 Å². The summed E-state index contributed by atoms with van der Waals surface area (Å²) in [4.78, 5) is 13.2. The van der Waals surface area contributed by atoms with E-state index in [2.05, 4.69) is 0 Å². The Morgan fingerprint density at radius 3 is 2.50 bits per heavy atom. The van der Waals surface area contributed by atoms with Gasteiger partial charge in [0, 0.05) is 13.0 Å². The fraction of sp³-hybridized carbons (Fsp3) is 0.444. The van der Waals surface area contributed by atoms with Gasteiger partial charge in [-0.05, 0) is 6.42 Å². The van der Waals surface area contributed by atoms with Gasteiger partial charge in [0.15, 0.2) is 0 Å². The number of hydrogen-bond acceptors (Lipinski definition) is 2. The van der Waals surface area contributed by atoms with E-state index in [0.717, 1.165) is 6.07 Å². The molecule has 0 aliphatic rings. The van der Waals surface area contributed by atoms with Crippen molar-refractivity contribution in [1.29, 1.82) is 0 Å². The molecule has 0 aliphatic heterocycles. The monoisotopic (exact) mass is 203 g/mol. The largest absolute Gasteiger partial charge is 0.507 e. The number of H-pyrrole nitrogens is 1. The van der Waals surface area contributed by atoms with Gasteiger partial charge in [-0.1, -0.05) is 6.92 Å². The van der Waals surface area contributed by atoms with Crippen LogP contribution in [-0.4, -0.2) is 10.1 Å². The molecule has 0 saturated heterocycles. The second-order valence-electron chi connectivity index (χ2n) is 3.12. The molecule has 5 heteroatoms. The van der Waals surface area contributed by atoms with E-state index in [1.54, 1.807) is 6.92 Å². The average molecular weight is 203 g/mol. The lowest BCUT2D eigenvalue weighted by molar-refractivity contribution is 0.0122. The number of rotatable bonds is 2. The molecule has 1 aromatic heterocycles. The molecule has 0 bridgehead atoms. The number of alkyl halides is 2. The summed E-state index contributed by atoms with van der Waals surface area (Å²) in [5.74, 6) is -3.53. The molecular weight excluding hydrogens is 192 g/mol. The molecule has 1 heterocycles. The van der Waals surface area contributed by atoms with Crippen LogP contribution in [0.2, 0.25) is 0 Å². The molecule has 0 saturated carbocycles. The minimum Gasteiger partial charge on any atom is -0.507 e. The average Bonchev–Trinajstić information content (AvgIpc) is 2.01. The summed E-state index contributed by atoms with van der Waals surface area (Å²) < 4.78 is 25.5. The van der Waals surface area contributed by atoms with E-state index in [9.17, 15) is 18.7 Å². The number of nitrogens with one attached hydrogen (secondary N) is 1. The van der Waals surface area contributed by atoms with E-state index in [1.165, 1.54) is 0 Å². The van der Waals surface area contributed by atoms with Crippen LogP contribution < -0.4 is 5.56 Å². The summed E-state index contributed by atoms with van der Waals surface area (Å²) in [7, 11) is 0. The van der Waals surface area contributed by atoms with Crippen LogP contribution in [0.3, 0.4) is 0 Å². The third kappa shape index (κ3) is 1.92. The smallest absolute Gasteiger partial charge is 0.285 e. The van der Waals surface area contributed by atoms with Crippen LogP contribution in [0.5, 0.6) is 5.75 Å². The first-order chi connectivity index (χ1) is 6.36. The predicted molar refractivity (Wildman–Crippen MR) is 47.7 cm³/mol. The Kier molecular flexibility index (Phi) is 2.59. The fourth-order valence-electron chi connectivity index (χ4n) is 1.15. The van der Waals surface area contributed by atoms with Gasteiger partial charge in [-0.25, -0.2) is 8.78 Å². The molecule has 0 fully saturated rings. The number of aromatic hydroxyl groups is 1. The van der Waals surface area contributed by atoms with Crippen LogP contribution in [-0.2, 0) is 12.3 Å². The molecule has 1 rings (SSSR count). The van der Waals surface area contributed by atoms with Crippen molar-refractivity contribution in [2.75, 3.05) is 0 Å². The van der Waals surface area contributed by atoms with Gasteiger partial charge in [-0.3, -0.25) is 4.79 Å². The topological polar surface area (TPSA) is 53.1 Å². The van der Waals surface area contributed by atoms with E-state index in [1.807, 2.05) is 4.98 Å². The fourth-order valence-corrected chi connectivity index (χ4v) is 1.15. The minimum atomic E-state index is -3.15. The zero-order valence-electron chi connectivity index (χ0n) is 7.90. The Morgan fingerprint density at radius 1 is 1.57 bits per heavy atom. The number of hydrogen-bond donors (Lipinski definition) is 2. The van der Waals surface area contributed by atoms with Crippen LogP contribution in [0, 0.1) is 0 Å². The minimum absolute atomic E-state index is 0.123. The zero-order chi connectivity index (χ0) is 10.9. The van der Waals surface area contributed by atoms with Crippen molar-refractivity contribution in [3.8, 4) is 5.75 Å². The molecule has 0 aliphatic carbocycles. The molecule has 0 unspecified atom stereocenters. The Labute approximate surface area is 79.4 Å². The molecule has 14 heavy (non-hydrogen) atoms. The van der Waals surface area contributed by atoms with Gasteiger partial charge in [0.1, 0.15) is 5.75 Å². The zero-order valence-corrected chi connectivity index (χ0v) is 7.90. The van der Waals surface area contributed by atoms with Crippen LogP contribution in [0.1, 0.15) is 25.1 Å². The van der Waals surface area contributed by atoms with Crippen LogP contribution in [0.15, 0.2) is 10.9 Å². The van der Waals surface area contributed by atoms with Crippen LogP contribution in [0.25, 0.3) is 0 Å². The molecule has 2 N–H and O–H groups in total. The lowest BCUT2D eigenvalue weighted by Gasteiger charge is -2.11. The second-order valence-corrected chi connectivity index (χ2v) is 3.12. The summed E-state index contributed by atoms with van der Waals surface area (Å²) in [6, 6.07) is 0.889. The molecule has 1 aromatic rings. The van der Waals surface area contributed by atoms with Crippen molar-refractivity contribution in [2.45, 2.75) is 26.2 Å². The van der Waals surface area contributed by atoms with E-state index < -0.39 is 17.2 Å². The molecule has 78 valence electrons. The summed E-state index contributed by atoms with van der Waals surface area (Å²) in [5, 5.41) is 9.28. The highest BCUT2D eigenvalue weighted by molar-refractivity contribution is 5.32. The van der Waals surface area contributed by atoms with Gasteiger partial charge >= 0.3 is 0 Å². The number of halogens is 2. The number of pyridine rings is 1. The van der Waals surface area contributed by atoms with Crippen molar-refractivity contribution >= 4 is 0 Å². The highest BCUT2D eigenvalue weighted by Crippen LogP contribution is 2.27. The van der Waals surface area contributed by atoms with Crippen molar-refractivity contribution in [3.63, 3.8) is 0 Å². The molecular formula is C9H11F2NO2. The summed E-state index contributed by atoms with van der Waals surface area (Å²) in [6.45, 7) is 2.32. The van der Waals surface area contributed by atoms with Gasteiger partial charge in [-0.2, -0.15) is 0 Å². The first kappa shape index (κ1) is 10.7. The van der Waals surface area contributed by atoms with E-state index in [0.29, 0.717) is 13.3 Å². The Balaban J connectivity index is 3.36. The number of aromatic nitrogens is 1. The first-order valence-electron chi connectivity index (χ1n) is 4.19. The van der Waals surface area contributed by atoms with E-state index in [-0.39, 0.29) is 11.3 Å². The predicted octanol–water partition coefficient (Wildman–Crippen LogP) is 1.75. The molecule has 0 radical (unpaired) electrons. The SMILES string of the molecule is CCc1c(O)cc(C(C)(F)F)[nH]c1=O. The van der Waals surface area contributed by atoms with Gasteiger partial charge < -0.3 is 10.1 Å². The maximum atomic E-state index is 12.8. The molecule has 0 atom stereocenters. The number of aromatic amines is 1. The quantitative estimate of drug-likeness (QED) is 0.769. The first-order valence-corrected chi connectivity index (χ1v) is 4.19. The van der Waals surface area contributed by atoms with E-state index >= 15 is 0 Å². The summed E-state index contributed by atoms with van der Waals surface area (Å²) in [5.41, 5.74) is -1.11. The molecule has 0 amide bonds. The summed E-state index contributed by atoms with van der Waals surface area (Å²) in [6.07, 6.45) is 0.302. The lowest BCUT2D eigenvalue weighted by Crippen LogP contribution is -2.19. The summed E-state index contributed by atoms with van der Waals surface area (Å²) >= 11 is 0. The van der Waals surface area contributed by atoms with E-state index in [4.69, 9.17) is 0 Å². The van der Waals surface area contributed by atoms with Crippen molar-refractivity contribution < 1.29 is 13.9 Å². The normalized spacial score (nSPS) is 11.7. The second kappa shape index (κ2) is 3.40. The molecule has 0 spiro atoms. The molecule has 3 nitrogen and oxygen atoms in total. The van der Waals surface area contributed by atoms with Gasteiger partial charge in [0.05, 0.1) is 11.3 Å². The highest BCUT2D eigenvalue weighted by atomic mass is 19.3. The van der Waals surface area contributed by atoms with Crippen molar-refractivity contribution in [2.24, 2.45) is 0 Å². The highest BCUT2D eigenvalue weighted by Gasteiger charge is 2.26. The molecule has 0 aromatic carbocycles. The Hall–Kier alpha value is -1.39. The van der Waals surface area contributed by atoms with Gasteiger partial charge in [-0.15, -0.1) is 0 Å².